The number of rotatable bonds is 4. The van der Waals surface area contributed by atoms with E-state index < -0.39 is 0 Å². The van der Waals surface area contributed by atoms with Crippen molar-refractivity contribution in [3.8, 4) is 22.4 Å². The van der Waals surface area contributed by atoms with E-state index in [4.69, 9.17) is 10.7 Å². The Balaban J connectivity index is 1.80. The third kappa shape index (κ3) is 3.34. The Kier molecular flexibility index (Phi) is 4.46. The molecule has 0 fully saturated rings. The van der Waals surface area contributed by atoms with Crippen molar-refractivity contribution >= 4 is 17.4 Å². The Morgan fingerprint density at radius 1 is 0.962 bits per heavy atom. The summed E-state index contributed by atoms with van der Waals surface area (Å²) in [6.07, 6.45) is 9.43. The minimum Gasteiger partial charge on any atom is -0.397 e. The monoisotopic (exact) mass is 358 g/mol. The highest BCUT2D eigenvalue weighted by Crippen LogP contribution is 2.37. The molecule has 0 aliphatic rings. The van der Waals surface area contributed by atoms with Crippen LogP contribution < -0.4 is 5.73 Å². The van der Waals surface area contributed by atoms with Crippen molar-refractivity contribution in [2.45, 2.75) is 9.79 Å². The molecule has 0 unspecified atom stereocenters. The molecule has 0 aliphatic carbocycles. The summed E-state index contributed by atoms with van der Waals surface area (Å²) in [6.45, 7) is 0. The fraction of sp³-hybridized carbons (Fsp3) is 0.0476. The van der Waals surface area contributed by atoms with Crippen molar-refractivity contribution in [1.82, 2.24) is 14.5 Å². The molecule has 0 aliphatic heterocycles. The average Bonchev–Trinajstić information content (AvgIpc) is 3.00. The SMILES string of the molecule is Cn1cc(N)c(Sc2cnc(-c3ccncc3)c(-c3ccccc3)c2)c1. The minimum absolute atomic E-state index is 0.775. The van der Waals surface area contributed by atoms with E-state index in [1.54, 1.807) is 24.2 Å². The van der Waals surface area contributed by atoms with E-state index in [-0.39, 0.29) is 0 Å². The maximum absolute atomic E-state index is 6.09. The van der Waals surface area contributed by atoms with Gasteiger partial charge in [0.15, 0.2) is 0 Å². The molecule has 4 aromatic rings. The predicted molar refractivity (Wildman–Crippen MR) is 107 cm³/mol. The van der Waals surface area contributed by atoms with Gasteiger partial charge in [-0.3, -0.25) is 9.97 Å². The summed E-state index contributed by atoms with van der Waals surface area (Å²) in [4.78, 5) is 11.0. The molecule has 3 heterocycles. The van der Waals surface area contributed by atoms with Gasteiger partial charge in [0, 0.05) is 54.1 Å². The van der Waals surface area contributed by atoms with Crippen molar-refractivity contribution in [2.24, 2.45) is 7.05 Å². The van der Waals surface area contributed by atoms with E-state index in [0.717, 1.165) is 37.9 Å². The second-order valence-corrected chi connectivity index (χ2v) is 7.13. The highest BCUT2D eigenvalue weighted by atomic mass is 32.2. The average molecular weight is 358 g/mol. The van der Waals surface area contributed by atoms with Crippen molar-refractivity contribution in [3.63, 3.8) is 0 Å². The van der Waals surface area contributed by atoms with E-state index in [1.807, 2.05) is 60.5 Å². The second kappa shape index (κ2) is 7.06. The van der Waals surface area contributed by atoms with Gasteiger partial charge in [0.05, 0.1) is 16.3 Å². The largest absolute Gasteiger partial charge is 0.397 e. The number of nitrogen functional groups attached to an aromatic ring is 1. The Bertz CT molecular complexity index is 1030. The number of aryl methyl sites for hydroxylation is 1. The van der Waals surface area contributed by atoms with Crippen molar-refractivity contribution in [2.75, 3.05) is 5.73 Å². The molecule has 1 aromatic carbocycles. The van der Waals surface area contributed by atoms with Gasteiger partial charge < -0.3 is 10.3 Å². The molecule has 0 saturated carbocycles. The quantitative estimate of drug-likeness (QED) is 0.565. The van der Waals surface area contributed by atoms with Gasteiger partial charge in [0.25, 0.3) is 0 Å². The molecule has 0 spiro atoms. The fourth-order valence-corrected chi connectivity index (χ4v) is 3.80. The minimum atomic E-state index is 0.775. The fourth-order valence-electron chi connectivity index (χ4n) is 2.87. The van der Waals surface area contributed by atoms with Gasteiger partial charge in [-0.25, -0.2) is 0 Å². The lowest BCUT2D eigenvalue weighted by molar-refractivity contribution is 0.921. The highest BCUT2D eigenvalue weighted by molar-refractivity contribution is 7.99. The summed E-state index contributed by atoms with van der Waals surface area (Å²) in [5.74, 6) is 0. The van der Waals surface area contributed by atoms with Crippen LogP contribution in [0.4, 0.5) is 5.69 Å². The highest BCUT2D eigenvalue weighted by Gasteiger charge is 2.12. The molecule has 128 valence electrons. The van der Waals surface area contributed by atoms with E-state index >= 15 is 0 Å². The normalized spacial score (nSPS) is 10.8. The van der Waals surface area contributed by atoms with Gasteiger partial charge >= 0.3 is 0 Å². The van der Waals surface area contributed by atoms with Crippen molar-refractivity contribution in [1.29, 1.82) is 0 Å². The van der Waals surface area contributed by atoms with Gasteiger partial charge in [-0.15, -0.1) is 0 Å². The first kappa shape index (κ1) is 16.4. The Morgan fingerprint density at radius 2 is 1.73 bits per heavy atom. The number of benzene rings is 1. The van der Waals surface area contributed by atoms with Crippen LogP contribution in [-0.4, -0.2) is 14.5 Å². The first-order valence-electron chi connectivity index (χ1n) is 8.26. The Morgan fingerprint density at radius 3 is 2.42 bits per heavy atom. The molecular formula is C21H18N4S. The maximum Gasteiger partial charge on any atom is 0.0782 e. The second-order valence-electron chi connectivity index (χ2n) is 6.01. The Labute approximate surface area is 156 Å². The lowest BCUT2D eigenvalue weighted by atomic mass is 10.0. The molecule has 0 bridgehead atoms. The molecule has 26 heavy (non-hydrogen) atoms. The molecule has 0 atom stereocenters. The van der Waals surface area contributed by atoms with Gasteiger partial charge in [-0.05, 0) is 23.8 Å². The summed E-state index contributed by atoms with van der Waals surface area (Å²) >= 11 is 1.63. The van der Waals surface area contributed by atoms with Crippen LogP contribution in [0.1, 0.15) is 0 Å². The molecule has 0 amide bonds. The molecular weight excluding hydrogens is 340 g/mol. The number of nitrogens with zero attached hydrogens (tertiary/aromatic N) is 3. The number of anilines is 1. The first-order chi connectivity index (χ1) is 12.7. The van der Waals surface area contributed by atoms with E-state index in [9.17, 15) is 0 Å². The van der Waals surface area contributed by atoms with E-state index in [2.05, 4.69) is 23.2 Å². The lowest BCUT2D eigenvalue weighted by Gasteiger charge is -2.11. The number of nitrogens with two attached hydrogens (primary N) is 1. The molecule has 0 radical (unpaired) electrons. The van der Waals surface area contributed by atoms with E-state index in [1.165, 1.54) is 0 Å². The van der Waals surface area contributed by atoms with E-state index in [0.29, 0.717) is 0 Å². The van der Waals surface area contributed by atoms with Crippen LogP contribution in [0.3, 0.4) is 0 Å². The van der Waals surface area contributed by atoms with Crippen LogP contribution in [0, 0.1) is 0 Å². The van der Waals surface area contributed by atoms with Crippen molar-refractivity contribution < 1.29 is 0 Å². The topological polar surface area (TPSA) is 56.7 Å². The Hall–Kier alpha value is -3.05. The lowest BCUT2D eigenvalue weighted by Crippen LogP contribution is -1.91. The summed E-state index contributed by atoms with van der Waals surface area (Å²) in [7, 11) is 1.97. The maximum atomic E-state index is 6.09. The summed E-state index contributed by atoms with van der Waals surface area (Å²) in [5, 5.41) is 0. The van der Waals surface area contributed by atoms with Crippen LogP contribution in [0.2, 0.25) is 0 Å². The first-order valence-corrected chi connectivity index (χ1v) is 9.07. The molecule has 5 heteroatoms. The van der Waals surface area contributed by atoms with Crippen LogP contribution in [0.15, 0.2) is 89.3 Å². The van der Waals surface area contributed by atoms with Crippen LogP contribution in [-0.2, 0) is 7.05 Å². The molecule has 0 saturated heterocycles. The van der Waals surface area contributed by atoms with Gasteiger partial charge in [-0.2, -0.15) is 0 Å². The predicted octanol–water partition coefficient (Wildman–Crippen LogP) is 4.88. The van der Waals surface area contributed by atoms with Gasteiger partial charge in [0.2, 0.25) is 0 Å². The standard InChI is InChI=1S/C21H18N4S/c1-25-13-19(22)20(14-25)26-17-11-18(15-5-3-2-4-6-15)21(24-12-17)16-7-9-23-10-8-16/h2-14H,22H2,1H3. The zero-order valence-corrected chi connectivity index (χ0v) is 15.1. The zero-order chi connectivity index (χ0) is 17.9. The number of pyridine rings is 2. The molecule has 2 N–H and O–H groups in total. The van der Waals surface area contributed by atoms with Gasteiger partial charge in [0.1, 0.15) is 0 Å². The third-order valence-corrected chi connectivity index (χ3v) is 5.10. The third-order valence-electron chi connectivity index (χ3n) is 4.08. The van der Waals surface area contributed by atoms with Crippen LogP contribution in [0.25, 0.3) is 22.4 Å². The molecule has 4 rings (SSSR count). The van der Waals surface area contributed by atoms with Crippen LogP contribution in [0.5, 0.6) is 0 Å². The summed E-state index contributed by atoms with van der Waals surface area (Å²) in [5.41, 5.74) is 11.1. The zero-order valence-electron chi connectivity index (χ0n) is 14.3. The number of hydrogen-bond acceptors (Lipinski definition) is 4. The summed E-state index contributed by atoms with van der Waals surface area (Å²) < 4.78 is 1.97. The van der Waals surface area contributed by atoms with Gasteiger partial charge in [-0.1, -0.05) is 42.1 Å². The number of aromatic nitrogens is 3. The smallest absolute Gasteiger partial charge is 0.0782 e. The molecule has 3 aromatic heterocycles. The van der Waals surface area contributed by atoms with Crippen molar-refractivity contribution in [3.05, 3.63) is 79.5 Å². The molecule has 4 nitrogen and oxygen atoms in total. The van der Waals surface area contributed by atoms with Crippen LogP contribution >= 0.6 is 11.8 Å². The summed E-state index contributed by atoms with van der Waals surface area (Å²) in [6, 6.07) is 16.5. The number of hydrogen-bond donors (Lipinski definition) is 1.